The molecule has 0 aliphatic rings. The number of methoxy groups -OCH3 is 1. The molecule has 0 radical (unpaired) electrons. The number of hydrogen-bond donors (Lipinski definition) is 1. The number of ether oxygens (including phenoxy) is 1. The molecule has 0 bridgehead atoms. The summed E-state index contributed by atoms with van der Waals surface area (Å²) in [7, 11) is 1.69. The number of halogens is 1. The Labute approximate surface area is 131 Å². The number of aromatic nitrogens is 2. The van der Waals surface area contributed by atoms with Crippen LogP contribution in [-0.4, -0.2) is 23.7 Å². The van der Waals surface area contributed by atoms with Gasteiger partial charge in [0.1, 0.15) is 17.0 Å². The third-order valence-corrected chi connectivity index (χ3v) is 4.49. The zero-order chi connectivity index (χ0) is 14.7. The van der Waals surface area contributed by atoms with E-state index >= 15 is 0 Å². The highest BCUT2D eigenvalue weighted by Crippen LogP contribution is 2.34. The molecular weight excluding hydrogens is 306 g/mol. The smallest absolute Gasteiger partial charge is 0.140 e. The Balaban J connectivity index is 1.96. The van der Waals surface area contributed by atoms with Gasteiger partial charge in [-0.05, 0) is 5.56 Å². The molecule has 1 N–H and O–H groups in total. The van der Waals surface area contributed by atoms with Gasteiger partial charge in [-0.15, -0.1) is 11.3 Å². The van der Waals surface area contributed by atoms with E-state index in [1.807, 2.05) is 23.6 Å². The Morgan fingerprint density at radius 2 is 2.10 bits per heavy atom. The van der Waals surface area contributed by atoms with E-state index in [-0.39, 0.29) is 6.04 Å². The predicted molar refractivity (Wildman–Crippen MR) is 87.1 cm³/mol. The van der Waals surface area contributed by atoms with Gasteiger partial charge < -0.3 is 10.1 Å². The van der Waals surface area contributed by atoms with Crippen LogP contribution in [0.5, 0.6) is 0 Å². The maximum atomic E-state index is 6.24. The van der Waals surface area contributed by atoms with E-state index in [2.05, 4.69) is 27.4 Å². The monoisotopic (exact) mass is 319 g/mol. The molecule has 21 heavy (non-hydrogen) atoms. The average molecular weight is 320 g/mol. The van der Waals surface area contributed by atoms with Crippen molar-refractivity contribution in [2.75, 3.05) is 19.0 Å². The van der Waals surface area contributed by atoms with Crippen molar-refractivity contribution in [2.45, 2.75) is 6.04 Å². The molecule has 0 aliphatic carbocycles. The molecule has 0 amide bonds. The molecule has 1 atom stereocenters. The Morgan fingerprint density at radius 3 is 2.86 bits per heavy atom. The standard InChI is InChI=1S/C15H14ClN3OS/c1-20-7-12(10-5-3-2-4-6-10)19-14-13-11(16)8-21-15(13)18-9-17-14/h2-6,8-9,12H,7H2,1H3,(H,17,18,19). The minimum Gasteiger partial charge on any atom is -0.382 e. The summed E-state index contributed by atoms with van der Waals surface area (Å²) in [4.78, 5) is 9.45. The lowest BCUT2D eigenvalue weighted by molar-refractivity contribution is 0.186. The number of hydrogen-bond acceptors (Lipinski definition) is 5. The van der Waals surface area contributed by atoms with Gasteiger partial charge >= 0.3 is 0 Å². The van der Waals surface area contributed by atoms with E-state index in [1.165, 1.54) is 11.3 Å². The molecular formula is C15H14ClN3OS. The highest BCUT2D eigenvalue weighted by molar-refractivity contribution is 7.17. The number of rotatable bonds is 5. The molecule has 1 unspecified atom stereocenters. The third kappa shape index (κ3) is 3.00. The Hall–Kier alpha value is -1.69. The molecule has 108 valence electrons. The molecule has 0 saturated carbocycles. The van der Waals surface area contributed by atoms with Crippen LogP contribution >= 0.6 is 22.9 Å². The molecule has 0 spiro atoms. The number of anilines is 1. The number of thiophene rings is 1. The molecule has 1 aromatic carbocycles. The van der Waals surface area contributed by atoms with Crippen LogP contribution in [0.2, 0.25) is 5.02 Å². The van der Waals surface area contributed by atoms with Gasteiger partial charge in [0.25, 0.3) is 0 Å². The first-order chi connectivity index (χ1) is 10.3. The molecule has 4 nitrogen and oxygen atoms in total. The van der Waals surface area contributed by atoms with Crippen LogP contribution in [-0.2, 0) is 4.74 Å². The molecule has 3 rings (SSSR count). The summed E-state index contributed by atoms with van der Waals surface area (Å²) in [6, 6.07) is 10.1. The van der Waals surface area contributed by atoms with Crippen molar-refractivity contribution in [3.05, 3.63) is 52.6 Å². The van der Waals surface area contributed by atoms with Crippen molar-refractivity contribution in [3.63, 3.8) is 0 Å². The van der Waals surface area contributed by atoms with Gasteiger partial charge in [-0.2, -0.15) is 0 Å². The van der Waals surface area contributed by atoms with Crippen molar-refractivity contribution in [3.8, 4) is 0 Å². The lowest BCUT2D eigenvalue weighted by atomic mass is 10.1. The largest absolute Gasteiger partial charge is 0.382 e. The summed E-state index contributed by atoms with van der Waals surface area (Å²) in [5, 5.41) is 6.82. The number of benzene rings is 1. The van der Waals surface area contributed by atoms with Crippen LogP contribution in [0, 0.1) is 0 Å². The van der Waals surface area contributed by atoms with Crippen molar-refractivity contribution < 1.29 is 4.74 Å². The van der Waals surface area contributed by atoms with Gasteiger partial charge in [-0.3, -0.25) is 0 Å². The van der Waals surface area contributed by atoms with Crippen molar-refractivity contribution in [1.82, 2.24) is 9.97 Å². The van der Waals surface area contributed by atoms with Crippen LogP contribution in [0.3, 0.4) is 0 Å². The van der Waals surface area contributed by atoms with E-state index in [9.17, 15) is 0 Å². The zero-order valence-electron chi connectivity index (χ0n) is 11.4. The molecule has 2 heterocycles. The van der Waals surface area contributed by atoms with Crippen LogP contribution in [0.4, 0.5) is 5.82 Å². The van der Waals surface area contributed by atoms with Gasteiger partial charge in [0.15, 0.2) is 0 Å². The third-order valence-electron chi connectivity index (χ3n) is 3.17. The summed E-state index contributed by atoms with van der Waals surface area (Å²) >= 11 is 7.75. The van der Waals surface area contributed by atoms with Crippen LogP contribution < -0.4 is 5.32 Å². The van der Waals surface area contributed by atoms with Crippen molar-refractivity contribution >= 4 is 39.0 Å². The Bertz CT molecular complexity index is 732. The second-order valence-corrected chi connectivity index (χ2v) is 5.81. The lowest BCUT2D eigenvalue weighted by Crippen LogP contribution is -2.17. The SMILES string of the molecule is COCC(Nc1ncnc2scc(Cl)c12)c1ccccc1. The summed E-state index contributed by atoms with van der Waals surface area (Å²) in [5.41, 5.74) is 1.14. The summed E-state index contributed by atoms with van der Waals surface area (Å²) in [5.74, 6) is 0.733. The fourth-order valence-electron chi connectivity index (χ4n) is 2.19. The predicted octanol–water partition coefficient (Wildman–Crippen LogP) is 4.14. The fraction of sp³-hybridized carbons (Fsp3) is 0.200. The first-order valence-electron chi connectivity index (χ1n) is 6.47. The van der Waals surface area contributed by atoms with Crippen LogP contribution in [0.1, 0.15) is 11.6 Å². The number of nitrogens with zero attached hydrogens (tertiary/aromatic N) is 2. The van der Waals surface area contributed by atoms with E-state index in [0.717, 1.165) is 21.6 Å². The van der Waals surface area contributed by atoms with E-state index in [4.69, 9.17) is 16.3 Å². The average Bonchev–Trinajstić information content (AvgIpc) is 2.90. The summed E-state index contributed by atoms with van der Waals surface area (Å²) in [6.45, 7) is 0.539. The first-order valence-corrected chi connectivity index (χ1v) is 7.73. The quantitative estimate of drug-likeness (QED) is 0.767. The molecule has 0 aliphatic heterocycles. The molecule has 2 aromatic heterocycles. The van der Waals surface area contributed by atoms with Crippen LogP contribution in [0.25, 0.3) is 10.2 Å². The number of nitrogens with one attached hydrogen (secondary N) is 1. The highest BCUT2D eigenvalue weighted by Gasteiger charge is 2.16. The van der Waals surface area contributed by atoms with Gasteiger partial charge in [0, 0.05) is 12.5 Å². The van der Waals surface area contributed by atoms with Gasteiger partial charge in [-0.25, -0.2) is 9.97 Å². The summed E-state index contributed by atoms with van der Waals surface area (Å²) in [6.07, 6.45) is 1.55. The fourth-order valence-corrected chi connectivity index (χ4v) is 3.32. The summed E-state index contributed by atoms with van der Waals surface area (Å²) < 4.78 is 5.32. The van der Waals surface area contributed by atoms with Gasteiger partial charge in [-0.1, -0.05) is 41.9 Å². The maximum Gasteiger partial charge on any atom is 0.140 e. The van der Waals surface area contributed by atoms with E-state index < -0.39 is 0 Å². The van der Waals surface area contributed by atoms with Crippen LogP contribution in [0.15, 0.2) is 42.0 Å². The molecule has 3 aromatic rings. The molecule has 0 fully saturated rings. The topological polar surface area (TPSA) is 47.0 Å². The minimum absolute atomic E-state index is 0.00488. The van der Waals surface area contributed by atoms with Crippen molar-refractivity contribution in [2.24, 2.45) is 0 Å². The Morgan fingerprint density at radius 1 is 1.29 bits per heavy atom. The molecule has 0 saturated heterocycles. The molecule has 6 heteroatoms. The Kier molecular flexibility index (Phi) is 4.34. The van der Waals surface area contributed by atoms with Gasteiger partial charge in [0.05, 0.1) is 23.1 Å². The highest BCUT2D eigenvalue weighted by atomic mass is 35.5. The lowest BCUT2D eigenvalue weighted by Gasteiger charge is -2.19. The maximum absolute atomic E-state index is 6.24. The van der Waals surface area contributed by atoms with Crippen molar-refractivity contribution in [1.29, 1.82) is 0 Å². The number of fused-ring (bicyclic) bond motifs is 1. The second-order valence-electron chi connectivity index (χ2n) is 4.55. The van der Waals surface area contributed by atoms with E-state index in [1.54, 1.807) is 13.4 Å². The van der Waals surface area contributed by atoms with E-state index in [0.29, 0.717) is 11.6 Å². The second kappa shape index (κ2) is 6.39. The normalized spacial score (nSPS) is 12.5. The first kappa shape index (κ1) is 14.3. The minimum atomic E-state index is 0.00488. The zero-order valence-corrected chi connectivity index (χ0v) is 13.0. The van der Waals surface area contributed by atoms with Gasteiger partial charge in [0.2, 0.25) is 0 Å².